The number of hydrogen-bond acceptors (Lipinski definition) is 4. The van der Waals surface area contributed by atoms with Crippen molar-refractivity contribution >= 4 is 10.9 Å². The van der Waals surface area contributed by atoms with Crippen LogP contribution >= 0.6 is 0 Å². The van der Waals surface area contributed by atoms with E-state index in [0.717, 1.165) is 35.0 Å². The Morgan fingerprint density at radius 1 is 1.16 bits per heavy atom. The van der Waals surface area contributed by atoms with Gasteiger partial charge in [-0.1, -0.05) is 49.4 Å². The number of aliphatic hydroxyl groups is 1. The number of nitrogens with two attached hydrogens (primary N) is 1. The van der Waals surface area contributed by atoms with Crippen molar-refractivity contribution in [1.29, 1.82) is 0 Å². The fourth-order valence-electron chi connectivity index (χ4n) is 3.42. The number of H-pyrrole nitrogens is 1. The van der Waals surface area contributed by atoms with Gasteiger partial charge in [-0.05, 0) is 37.1 Å². The second-order valence-corrected chi connectivity index (χ2v) is 6.76. The predicted molar refractivity (Wildman–Crippen MR) is 101 cm³/mol. The van der Waals surface area contributed by atoms with Crippen LogP contribution in [0.1, 0.15) is 31.4 Å². The molecule has 2 aromatic carbocycles. The number of fused-ring (bicyclic) bond motifs is 1. The highest BCUT2D eigenvalue weighted by Crippen LogP contribution is 2.39. The quantitative estimate of drug-likeness (QED) is 0.499. The van der Waals surface area contributed by atoms with Crippen LogP contribution in [0, 0.1) is 0 Å². The molecule has 5 N–H and O–H groups in total. The molecule has 0 saturated carbocycles. The van der Waals surface area contributed by atoms with Crippen molar-refractivity contribution in [2.45, 2.75) is 31.4 Å². The van der Waals surface area contributed by atoms with Crippen molar-refractivity contribution in [3.63, 3.8) is 0 Å². The lowest BCUT2D eigenvalue weighted by Crippen LogP contribution is -2.61. The number of rotatable bonds is 7. The molecule has 0 amide bonds. The standard InChI is InChI=1S/C20H26N4O/c1-3-12-22-14-19(2,25)20(21,15-8-5-4-6-9-15)17-10-7-11-18-16(17)13-23-24-18/h4-11,13,22,25H,3,12,14,21H2,1-2H3,(H,23,24). The van der Waals surface area contributed by atoms with Crippen molar-refractivity contribution in [2.24, 2.45) is 5.73 Å². The van der Waals surface area contributed by atoms with Crippen molar-refractivity contribution in [3.8, 4) is 0 Å². The number of aromatic amines is 1. The maximum atomic E-state index is 11.4. The predicted octanol–water partition coefficient (Wildman–Crippen LogP) is 2.52. The van der Waals surface area contributed by atoms with Gasteiger partial charge in [-0.2, -0.15) is 5.10 Å². The van der Waals surface area contributed by atoms with Gasteiger partial charge in [-0.3, -0.25) is 5.10 Å². The molecule has 0 aliphatic carbocycles. The Morgan fingerprint density at radius 3 is 2.64 bits per heavy atom. The SMILES string of the molecule is CCCNCC(C)(O)C(N)(c1ccccc1)c1cccc2[nH]ncc12. The maximum absolute atomic E-state index is 11.4. The Labute approximate surface area is 148 Å². The Morgan fingerprint density at radius 2 is 1.92 bits per heavy atom. The summed E-state index contributed by atoms with van der Waals surface area (Å²) < 4.78 is 0. The zero-order valence-electron chi connectivity index (χ0n) is 14.8. The molecule has 132 valence electrons. The molecule has 25 heavy (non-hydrogen) atoms. The van der Waals surface area contributed by atoms with Gasteiger partial charge in [-0.25, -0.2) is 0 Å². The Bertz CT molecular complexity index is 828. The van der Waals surface area contributed by atoms with Crippen LogP contribution in [0.4, 0.5) is 0 Å². The molecule has 1 heterocycles. The monoisotopic (exact) mass is 338 g/mol. The van der Waals surface area contributed by atoms with Crippen molar-refractivity contribution in [2.75, 3.05) is 13.1 Å². The Kier molecular flexibility index (Phi) is 4.90. The van der Waals surface area contributed by atoms with Crippen molar-refractivity contribution in [1.82, 2.24) is 15.5 Å². The van der Waals surface area contributed by atoms with E-state index >= 15 is 0 Å². The number of nitrogens with one attached hydrogen (secondary N) is 2. The second kappa shape index (κ2) is 6.96. The van der Waals surface area contributed by atoms with Gasteiger partial charge in [0, 0.05) is 11.9 Å². The van der Waals surface area contributed by atoms with E-state index in [2.05, 4.69) is 22.4 Å². The number of hydrogen-bond donors (Lipinski definition) is 4. The molecule has 3 aromatic rings. The molecule has 3 rings (SSSR count). The van der Waals surface area contributed by atoms with Crippen molar-refractivity contribution < 1.29 is 5.11 Å². The lowest BCUT2D eigenvalue weighted by atomic mass is 9.70. The fourth-order valence-corrected chi connectivity index (χ4v) is 3.42. The summed E-state index contributed by atoms with van der Waals surface area (Å²) in [5.41, 5.74) is 7.34. The Balaban J connectivity index is 2.18. The first-order valence-corrected chi connectivity index (χ1v) is 8.71. The van der Waals surface area contributed by atoms with Crippen LogP contribution in [0.2, 0.25) is 0 Å². The average Bonchev–Trinajstić information content (AvgIpc) is 3.10. The fraction of sp³-hybridized carbons (Fsp3) is 0.350. The minimum absolute atomic E-state index is 0.389. The normalized spacial score (nSPS) is 16.5. The summed E-state index contributed by atoms with van der Waals surface area (Å²) in [4.78, 5) is 0. The summed E-state index contributed by atoms with van der Waals surface area (Å²) in [6.07, 6.45) is 2.76. The molecule has 0 spiro atoms. The van der Waals surface area contributed by atoms with Crippen molar-refractivity contribution in [3.05, 3.63) is 65.9 Å². The summed E-state index contributed by atoms with van der Waals surface area (Å²) in [7, 11) is 0. The van der Waals surface area contributed by atoms with Gasteiger partial charge in [0.25, 0.3) is 0 Å². The molecular weight excluding hydrogens is 312 g/mol. The second-order valence-electron chi connectivity index (χ2n) is 6.76. The molecule has 5 nitrogen and oxygen atoms in total. The summed E-state index contributed by atoms with van der Waals surface area (Å²) >= 11 is 0. The van der Waals surface area contributed by atoms with E-state index in [4.69, 9.17) is 5.73 Å². The molecule has 1 aromatic heterocycles. The highest BCUT2D eigenvalue weighted by Gasteiger charge is 2.47. The largest absolute Gasteiger partial charge is 0.386 e. The van der Waals surface area contributed by atoms with E-state index in [0.29, 0.717) is 6.54 Å². The van der Waals surface area contributed by atoms with Crippen LogP contribution in [0.25, 0.3) is 10.9 Å². The van der Waals surface area contributed by atoms with E-state index in [1.54, 1.807) is 13.1 Å². The van der Waals surface area contributed by atoms with Gasteiger partial charge < -0.3 is 16.2 Å². The van der Waals surface area contributed by atoms with E-state index in [1.807, 2.05) is 48.5 Å². The third-order valence-electron chi connectivity index (χ3n) is 4.88. The lowest BCUT2D eigenvalue weighted by Gasteiger charge is -2.44. The molecule has 5 heteroatoms. The summed E-state index contributed by atoms with van der Waals surface area (Å²) in [6.45, 7) is 5.11. The minimum Gasteiger partial charge on any atom is -0.386 e. The van der Waals surface area contributed by atoms with E-state index in [-0.39, 0.29) is 0 Å². The molecule has 0 fully saturated rings. The summed E-state index contributed by atoms with van der Waals surface area (Å²) in [5.74, 6) is 0. The van der Waals surface area contributed by atoms with Gasteiger partial charge in [0.2, 0.25) is 0 Å². The highest BCUT2D eigenvalue weighted by molar-refractivity contribution is 5.83. The van der Waals surface area contributed by atoms with Crippen LogP contribution in [-0.2, 0) is 5.54 Å². The van der Waals surface area contributed by atoms with Crippen LogP contribution < -0.4 is 11.1 Å². The zero-order valence-corrected chi connectivity index (χ0v) is 14.8. The van der Waals surface area contributed by atoms with Gasteiger partial charge in [0.05, 0.1) is 17.3 Å². The zero-order chi connectivity index (χ0) is 17.9. The average molecular weight is 338 g/mol. The number of nitrogens with zero attached hydrogens (tertiary/aromatic N) is 1. The van der Waals surface area contributed by atoms with E-state index in [9.17, 15) is 5.11 Å². The number of aromatic nitrogens is 2. The minimum atomic E-state index is -1.20. The molecule has 2 atom stereocenters. The summed E-state index contributed by atoms with van der Waals surface area (Å²) in [5, 5.41) is 22.8. The number of benzene rings is 2. The van der Waals surface area contributed by atoms with Crippen LogP contribution in [-0.4, -0.2) is 34.0 Å². The molecule has 0 radical (unpaired) electrons. The summed E-state index contributed by atoms with van der Waals surface area (Å²) in [6, 6.07) is 15.6. The van der Waals surface area contributed by atoms with Crippen LogP contribution in [0.3, 0.4) is 0 Å². The molecular formula is C20H26N4O. The van der Waals surface area contributed by atoms with Gasteiger partial charge in [0.1, 0.15) is 5.60 Å². The smallest absolute Gasteiger partial charge is 0.101 e. The van der Waals surface area contributed by atoms with Crippen LogP contribution in [0.5, 0.6) is 0 Å². The third kappa shape index (κ3) is 3.06. The molecule has 2 unspecified atom stereocenters. The maximum Gasteiger partial charge on any atom is 0.101 e. The first-order valence-electron chi connectivity index (χ1n) is 8.71. The topological polar surface area (TPSA) is 87.0 Å². The van der Waals surface area contributed by atoms with Gasteiger partial charge in [-0.15, -0.1) is 0 Å². The molecule has 0 aliphatic heterocycles. The highest BCUT2D eigenvalue weighted by atomic mass is 16.3. The lowest BCUT2D eigenvalue weighted by molar-refractivity contribution is -0.00249. The van der Waals surface area contributed by atoms with Crippen LogP contribution in [0.15, 0.2) is 54.7 Å². The Hall–Kier alpha value is -2.21. The molecule has 0 aliphatic rings. The van der Waals surface area contributed by atoms with Gasteiger partial charge >= 0.3 is 0 Å². The van der Waals surface area contributed by atoms with E-state index < -0.39 is 11.1 Å². The first kappa shape index (κ1) is 17.6. The van der Waals surface area contributed by atoms with E-state index in [1.165, 1.54) is 0 Å². The third-order valence-corrected chi connectivity index (χ3v) is 4.88. The first-order chi connectivity index (χ1) is 12.0. The molecule has 0 saturated heterocycles. The van der Waals surface area contributed by atoms with Gasteiger partial charge in [0.15, 0.2) is 0 Å². The molecule has 0 bridgehead atoms.